The fraction of sp³-hybridized carbons (Fsp3) is 0.357. The van der Waals surface area contributed by atoms with Crippen molar-refractivity contribution in [3.05, 3.63) is 56.8 Å². The molecule has 2 N–H and O–H groups in total. The highest BCUT2D eigenvalue weighted by Gasteiger charge is 2.26. The van der Waals surface area contributed by atoms with Gasteiger partial charge in [0, 0.05) is 18.0 Å². The number of aromatic amines is 1. The molecule has 0 amide bonds. The molecule has 1 aliphatic heterocycles. The van der Waals surface area contributed by atoms with Gasteiger partial charge in [0.05, 0.1) is 5.02 Å². The Morgan fingerprint density at radius 3 is 2.90 bits per heavy atom. The molecule has 0 radical (unpaired) electrons. The Kier molecular flexibility index (Phi) is 3.63. The lowest BCUT2D eigenvalue weighted by Crippen LogP contribution is -2.30. The summed E-state index contributed by atoms with van der Waals surface area (Å²) in [5.41, 5.74) is 0.627. The van der Waals surface area contributed by atoms with Crippen LogP contribution in [-0.2, 0) is 0 Å². The van der Waals surface area contributed by atoms with E-state index in [1.54, 1.807) is 6.07 Å². The molecule has 0 bridgehead atoms. The zero-order chi connectivity index (χ0) is 14.1. The summed E-state index contributed by atoms with van der Waals surface area (Å²) in [6.07, 6.45) is 1.63. The number of H-pyrrole nitrogens is 1. The molecule has 0 unspecified atom stereocenters. The summed E-state index contributed by atoms with van der Waals surface area (Å²) in [6.45, 7) is 0.786. The van der Waals surface area contributed by atoms with Crippen LogP contribution in [0.4, 0.5) is 4.39 Å². The highest BCUT2D eigenvalue weighted by atomic mass is 35.5. The van der Waals surface area contributed by atoms with Crippen molar-refractivity contribution in [2.45, 2.75) is 24.8 Å². The van der Waals surface area contributed by atoms with E-state index in [0.29, 0.717) is 5.76 Å². The molecule has 1 aromatic carbocycles. The lowest BCUT2D eigenvalue weighted by molar-refractivity contribution is 0.295. The summed E-state index contributed by atoms with van der Waals surface area (Å²) in [5.74, 6) is 0.399. The third kappa shape index (κ3) is 2.64. The van der Waals surface area contributed by atoms with Gasteiger partial charge >= 0.3 is 0 Å². The van der Waals surface area contributed by atoms with Crippen LogP contribution in [0.2, 0.25) is 5.02 Å². The first-order valence-electron chi connectivity index (χ1n) is 6.50. The number of benzene rings is 1. The van der Waals surface area contributed by atoms with E-state index in [9.17, 15) is 9.18 Å². The zero-order valence-electron chi connectivity index (χ0n) is 10.7. The van der Waals surface area contributed by atoms with Crippen molar-refractivity contribution in [3.8, 4) is 0 Å². The second-order valence-electron chi connectivity index (χ2n) is 5.02. The van der Waals surface area contributed by atoms with Gasteiger partial charge in [0.1, 0.15) is 11.6 Å². The minimum absolute atomic E-state index is 0.0284. The molecule has 3 rings (SSSR count). The lowest BCUT2D eigenvalue weighted by atomic mass is 9.87. The summed E-state index contributed by atoms with van der Waals surface area (Å²) in [4.78, 5) is 11.1. The highest BCUT2D eigenvalue weighted by Crippen LogP contribution is 2.34. The van der Waals surface area contributed by atoms with Crippen molar-refractivity contribution >= 4 is 11.6 Å². The number of piperidine rings is 1. The molecular weight excluding hydrogens is 283 g/mol. The zero-order valence-corrected chi connectivity index (χ0v) is 11.4. The lowest BCUT2D eigenvalue weighted by Gasteiger charge is -2.29. The maximum atomic E-state index is 13.5. The fourth-order valence-electron chi connectivity index (χ4n) is 2.66. The first kappa shape index (κ1) is 13.4. The first-order valence-corrected chi connectivity index (χ1v) is 6.88. The predicted molar refractivity (Wildman–Crippen MR) is 73.5 cm³/mol. The fourth-order valence-corrected chi connectivity index (χ4v) is 2.78. The highest BCUT2D eigenvalue weighted by molar-refractivity contribution is 6.30. The van der Waals surface area contributed by atoms with Crippen LogP contribution in [0.3, 0.4) is 0 Å². The largest absolute Gasteiger partial charge is 0.383 e. The van der Waals surface area contributed by atoms with E-state index < -0.39 is 5.82 Å². The van der Waals surface area contributed by atoms with Gasteiger partial charge in [0.25, 0.3) is 5.56 Å². The quantitative estimate of drug-likeness (QED) is 0.896. The second-order valence-corrected chi connectivity index (χ2v) is 5.42. The van der Waals surface area contributed by atoms with Gasteiger partial charge in [-0.05, 0) is 37.1 Å². The Bertz CT molecular complexity index is 667. The molecule has 0 saturated carbocycles. The van der Waals surface area contributed by atoms with Crippen LogP contribution in [0, 0.1) is 5.82 Å². The van der Waals surface area contributed by atoms with Gasteiger partial charge in [0.2, 0.25) is 0 Å². The average molecular weight is 297 g/mol. The minimum Gasteiger partial charge on any atom is -0.383 e. The van der Waals surface area contributed by atoms with Gasteiger partial charge in [-0.3, -0.25) is 4.79 Å². The standard InChI is InChI=1S/C14H14ClFN2O2/c15-10-2-1-8(5-11(10)16)12-6-9(3-4-17-12)13-7-14(19)18-20-13/h1-2,5,7,9,12,17H,3-4,6H2,(H,18,19)/t9-,12+/m0/s1. The maximum Gasteiger partial charge on any atom is 0.280 e. The smallest absolute Gasteiger partial charge is 0.280 e. The number of hydrogen-bond acceptors (Lipinski definition) is 3. The van der Waals surface area contributed by atoms with Gasteiger partial charge in [-0.15, -0.1) is 0 Å². The van der Waals surface area contributed by atoms with Gasteiger partial charge < -0.3 is 9.84 Å². The number of nitrogens with one attached hydrogen (secondary N) is 2. The Morgan fingerprint density at radius 1 is 1.35 bits per heavy atom. The van der Waals surface area contributed by atoms with Crippen molar-refractivity contribution in [2.24, 2.45) is 0 Å². The number of hydrogen-bond donors (Lipinski definition) is 2. The summed E-state index contributed by atoms with van der Waals surface area (Å²) in [5, 5.41) is 5.78. The van der Waals surface area contributed by atoms with Crippen LogP contribution in [0.25, 0.3) is 0 Å². The third-order valence-corrected chi connectivity index (χ3v) is 4.00. The maximum absolute atomic E-state index is 13.5. The Balaban J connectivity index is 1.81. The predicted octanol–water partition coefficient (Wildman–Crippen LogP) is 2.97. The normalized spacial score (nSPS) is 22.9. The van der Waals surface area contributed by atoms with Crippen molar-refractivity contribution in [1.82, 2.24) is 10.5 Å². The van der Waals surface area contributed by atoms with Crippen molar-refractivity contribution in [3.63, 3.8) is 0 Å². The first-order chi connectivity index (χ1) is 9.63. The van der Waals surface area contributed by atoms with E-state index in [4.69, 9.17) is 16.1 Å². The molecule has 1 aromatic heterocycles. The monoisotopic (exact) mass is 296 g/mol. The van der Waals surface area contributed by atoms with E-state index >= 15 is 0 Å². The van der Waals surface area contributed by atoms with Gasteiger partial charge in [-0.1, -0.05) is 17.7 Å². The van der Waals surface area contributed by atoms with Gasteiger partial charge in [0.15, 0.2) is 0 Å². The van der Waals surface area contributed by atoms with Crippen molar-refractivity contribution in [2.75, 3.05) is 6.54 Å². The van der Waals surface area contributed by atoms with Crippen LogP contribution in [0.5, 0.6) is 0 Å². The topological polar surface area (TPSA) is 58.0 Å². The number of halogens is 2. The van der Waals surface area contributed by atoms with Crippen LogP contribution in [-0.4, -0.2) is 11.7 Å². The van der Waals surface area contributed by atoms with Gasteiger partial charge in [-0.25, -0.2) is 4.39 Å². The molecule has 20 heavy (non-hydrogen) atoms. The Labute approximate surface area is 119 Å². The molecule has 6 heteroatoms. The second kappa shape index (κ2) is 5.42. The summed E-state index contributed by atoms with van der Waals surface area (Å²) < 4.78 is 18.7. The third-order valence-electron chi connectivity index (χ3n) is 3.69. The molecule has 2 heterocycles. The van der Waals surface area contributed by atoms with Crippen LogP contribution >= 0.6 is 11.6 Å². The summed E-state index contributed by atoms with van der Waals surface area (Å²) >= 11 is 5.70. The van der Waals surface area contributed by atoms with Crippen molar-refractivity contribution < 1.29 is 8.91 Å². The summed E-state index contributed by atoms with van der Waals surface area (Å²) in [7, 11) is 0. The van der Waals surface area contributed by atoms with E-state index in [-0.39, 0.29) is 22.5 Å². The van der Waals surface area contributed by atoms with Crippen molar-refractivity contribution in [1.29, 1.82) is 0 Å². The van der Waals surface area contributed by atoms with E-state index in [1.807, 2.05) is 6.07 Å². The molecule has 4 nitrogen and oxygen atoms in total. The van der Waals surface area contributed by atoms with E-state index in [2.05, 4.69) is 10.5 Å². The Hall–Kier alpha value is -1.59. The Morgan fingerprint density at radius 2 is 2.20 bits per heavy atom. The molecule has 0 spiro atoms. The van der Waals surface area contributed by atoms with Crippen LogP contribution < -0.4 is 10.9 Å². The SMILES string of the molecule is O=c1cc([C@H]2CCN[C@@H](c3ccc(Cl)c(F)c3)C2)o[nH]1. The van der Waals surface area contributed by atoms with Crippen LogP contribution in [0.1, 0.15) is 36.1 Å². The summed E-state index contributed by atoms with van der Waals surface area (Å²) in [6, 6.07) is 6.35. The molecule has 2 atom stereocenters. The van der Waals surface area contributed by atoms with E-state index in [1.165, 1.54) is 12.1 Å². The molecule has 1 saturated heterocycles. The number of aromatic nitrogens is 1. The average Bonchev–Trinajstić information content (AvgIpc) is 2.89. The van der Waals surface area contributed by atoms with Crippen LogP contribution in [0.15, 0.2) is 33.6 Å². The molecular formula is C14H14ClFN2O2. The molecule has 1 fully saturated rings. The molecule has 106 valence electrons. The number of rotatable bonds is 2. The van der Waals surface area contributed by atoms with E-state index in [0.717, 1.165) is 24.9 Å². The van der Waals surface area contributed by atoms with Gasteiger partial charge in [-0.2, -0.15) is 5.16 Å². The molecule has 2 aromatic rings. The minimum atomic E-state index is -0.415. The molecule has 0 aliphatic carbocycles. The molecule has 1 aliphatic rings.